The Labute approximate surface area is 156 Å². The van der Waals surface area contributed by atoms with Gasteiger partial charge >= 0.3 is 0 Å². The van der Waals surface area contributed by atoms with Gasteiger partial charge in [0, 0.05) is 24.0 Å². The van der Waals surface area contributed by atoms with Crippen molar-refractivity contribution in [1.29, 1.82) is 5.26 Å². The summed E-state index contributed by atoms with van der Waals surface area (Å²) in [6.07, 6.45) is 2.97. The first-order chi connectivity index (χ1) is 12.5. The van der Waals surface area contributed by atoms with Crippen LogP contribution in [0.15, 0.2) is 35.4 Å². The van der Waals surface area contributed by atoms with Crippen molar-refractivity contribution < 1.29 is 9.59 Å². The number of nitrogens with zero attached hydrogens (tertiary/aromatic N) is 2. The van der Waals surface area contributed by atoms with Crippen LogP contribution >= 0.6 is 11.8 Å². The maximum Gasteiger partial charge on any atom is 0.234 e. The van der Waals surface area contributed by atoms with Crippen LogP contribution in [-0.4, -0.2) is 22.6 Å². The fourth-order valence-corrected chi connectivity index (χ4v) is 3.59. The lowest BCUT2D eigenvalue weighted by molar-refractivity contribution is -0.114. The zero-order valence-corrected chi connectivity index (χ0v) is 15.2. The third-order valence-electron chi connectivity index (χ3n) is 3.97. The number of aromatic nitrogens is 1. The molecule has 1 aliphatic carbocycles. The molecule has 1 aromatic carbocycles. The quantitative estimate of drug-likeness (QED) is 0.793. The summed E-state index contributed by atoms with van der Waals surface area (Å²) in [5.41, 5.74) is 4.04. The van der Waals surface area contributed by atoms with Crippen molar-refractivity contribution in [2.24, 2.45) is 0 Å². The average molecular weight is 366 g/mol. The van der Waals surface area contributed by atoms with E-state index in [4.69, 9.17) is 0 Å². The van der Waals surface area contributed by atoms with Crippen molar-refractivity contribution >= 4 is 35.0 Å². The van der Waals surface area contributed by atoms with Crippen LogP contribution in [0.25, 0.3) is 0 Å². The van der Waals surface area contributed by atoms with Gasteiger partial charge in [0.05, 0.1) is 11.3 Å². The minimum Gasteiger partial charge on any atom is -0.326 e. The van der Waals surface area contributed by atoms with Crippen molar-refractivity contribution in [2.45, 2.75) is 31.2 Å². The average Bonchev–Trinajstić information content (AvgIpc) is 3.07. The second-order valence-electron chi connectivity index (χ2n) is 6.01. The van der Waals surface area contributed by atoms with Crippen LogP contribution in [0, 0.1) is 11.3 Å². The van der Waals surface area contributed by atoms with Crippen molar-refractivity contribution in [1.82, 2.24) is 4.98 Å². The predicted molar refractivity (Wildman–Crippen MR) is 101 cm³/mol. The van der Waals surface area contributed by atoms with Gasteiger partial charge in [-0.25, -0.2) is 4.98 Å². The molecule has 7 heteroatoms. The van der Waals surface area contributed by atoms with E-state index in [0.29, 0.717) is 22.0 Å². The molecule has 3 rings (SSSR count). The molecule has 2 amide bonds. The minimum absolute atomic E-state index is 0.145. The van der Waals surface area contributed by atoms with E-state index in [1.165, 1.54) is 18.7 Å². The number of carbonyl (C=O) groups is 2. The number of aryl methyl sites for hydroxylation is 2. The van der Waals surface area contributed by atoms with Crippen molar-refractivity contribution in [3.63, 3.8) is 0 Å². The Kier molecular flexibility index (Phi) is 5.54. The Morgan fingerprint density at radius 2 is 1.88 bits per heavy atom. The van der Waals surface area contributed by atoms with Gasteiger partial charge in [0.15, 0.2) is 0 Å². The van der Waals surface area contributed by atoms with Gasteiger partial charge in [-0.3, -0.25) is 9.59 Å². The van der Waals surface area contributed by atoms with Gasteiger partial charge in [-0.1, -0.05) is 11.8 Å². The molecule has 1 heterocycles. The number of hydrogen-bond donors (Lipinski definition) is 2. The van der Waals surface area contributed by atoms with Gasteiger partial charge in [-0.15, -0.1) is 0 Å². The summed E-state index contributed by atoms with van der Waals surface area (Å²) in [7, 11) is 0. The summed E-state index contributed by atoms with van der Waals surface area (Å²) in [6.45, 7) is 1.44. The minimum atomic E-state index is -0.173. The maximum absolute atomic E-state index is 12.2. The first kappa shape index (κ1) is 18.0. The normalized spacial score (nSPS) is 12.2. The molecule has 1 aliphatic rings. The van der Waals surface area contributed by atoms with Gasteiger partial charge in [0.1, 0.15) is 11.1 Å². The molecule has 0 saturated heterocycles. The van der Waals surface area contributed by atoms with Crippen LogP contribution in [0.3, 0.4) is 0 Å². The molecule has 132 valence electrons. The van der Waals surface area contributed by atoms with E-state index in [0.717, 1.165) is 30.5 Å². The third kappa shape index (κ3) is 4.41. The van der Waals surface area contributed by atoms with E-state index >= 15 is 0 Å². The van der Waals surface area contributed by atoms with Crippen LogP contribution in [0.5, 0.6) is 0 Å². The zero-order valence-electron chi connectivity index (χ0n) is 14.3. The maximum atomic E-state index is 12.2. The highest BCUT2D eigenvalue weighted by Crippen LogP contribution is 2.28. The first-order valence-electron chi connectivity index (χ1n) is 8.28. The number of amides is 2. The summed E-state index contributed by atoms with van der Waals surface area (Å²) in [5.74, 6) is -0.143. The molecule has 0 bridgehead atoms. The van der Waals surface area contributed by atoms with Crippen LogP contribution in [0.4, 0.5) is 11.4 Å². The number of pyridine rings is 1. The van der Waals surface area contributed by atoms with E-state index in [2.05, 4.69) is 21.7 Å². The van der Waals surface area contributed by atoms with Crippen molar-refractivity contribution in [3.8, 4) is 6.07 Å². The van der Waals surface area contributed by atoms with Crippen LogP contribution in [-0.2, 0) is 22.4 Å². The van der Waals surface area contributed by atoms with Gasteiger partial charge < -0.3 is 10.6 Å². The number of thioether (sulfide) groups is 1. The van der Waals surface area contributed by atoms with E-state index in [-0.39, 0.29) is 17.6 Å². The summed E-state index contributed by atoms with van der Waals surface area (Å²) in [4.78, 5) is 27.7. The Morgan fingerprint density at radius 1 is 1.19 bits per heavy atom. The van der Waals surface area contributed by atoms with Gasteiger partial charge in [0.2, 0.25) is 11.8 Å². The highest BCUT2D eigenvalue weighted by atomic mass is 32.2. The van der Waals surface area contributed by atoms with Crippen LogP contribution in [0.2, 0.25) is 0 Å². The smallest absolute Gasteiger partial charge is 0.234 e. The Bertz CT molecular complexity index is 888. The molecule has 0 unspecified atom stereocenters. The summed E-state index contributed by atoms with van der Waals surface area (Å²) in [6, 6.07) is 11.0. The molecule has 0 fully saturated rings. The Balaban J connectivity index is 1.59. The van der Waals surface area contributed by atoms with E-state index in [1.807, 2.05) is 6.07 Å². The Hall–Kier alpha value is -2.85. The fourth-order valence-electron chi connectivity index (χ4n) is 2.81. The SMILES string of the molecule is CC(=O)Nc1ccc(NC(=O)CSc2nc3c(cc2C#N)CCC3)cc1. The van der Waals surface area contributed by atoms with Crippen LogP contribution < -0.4 is 10.6 Å². The number of benzene rings is 1. The highest BCUT2D eigenvalue weighted by Gasteiger charge is 2.17. The lowest BCUT2D eigenvalue weighted by Gasteiger charge is -2.08. The summed E-state index contributed by atoms with van der Waals surface area (Å²) < 4.78 is 0. The molecular weight excluding hydrogens is 348 g/mol. The number of rotatable bonds is 5. The second-order valence-corrected chi connectivity index (χ2v) is 6.97. The lowest BCUT2D eigenvalue weighted by Crippen LogP contribution is -2.14. The summed E-state index contributed by atoms with van der Waals surface area (Å²) in [5, 5.41) is 15.4. The summed E-state index contributed by atoms with van der Waals surface area (Å²) >= 11 is 1.27. The standard InChI is InChI=1S/C19H18N4O2S/c1-12(24)21-15-5-7-16(8-6-15)22-18(25)11-26-19-14(10-20)9-13-3-2-4-17(13)23-19/h5-9H,2-4,11H2,1H3,(H,21,24)(H,22,25). The van der Waals surface area contributed by atoms with Crippen molar-refractivity contribution in [3.05, 3.63) is 47.2 Å². The lowest BCUT2D eigenvalue weighted by atomic mass is 10.2. The monoisotopic (exact) mass is 366 g/mol. The van der Waals surface area contributed by atoms with Crippen molar-refractivity contribution in [2.75, 3.05) is 16.4 Å². The predicted octanol–water partition coefficient (Wildman–Crippen LogP) is 3.13. The van der Waals surface area contributed by atoms with Gasteiger partial charge in [-0.05, 0) is 55.2 Å². The second kappa shape index (κ2) is 8.02. The van der Waals surface area contributed by atoms with Gasteiger partial charge in [0.25, 0.3) is 0 Å². The highest BCUT2D eigenvalue weighted by molar-refractivity contribution is 8.00. The fraction of sp³-hybridized carbons (Fsp3) is 0.263. The molecule has 0 spiro atoms. The number of hydrogen-bond acceptors (Lipinski definition) is 5. The number of fused-ring (bicyclic) bond motifs is 1. The van der Waals surface area contributed by atoms with Crippen LogP contribution in [0.1, 0.15) is 30.2 Å². The molecule has 6 nitrogen and oxygen atoms in total. The van der Waals surface area contributed by atoms with E-state index < -0.39 is 0 Å². The third-order valence-corrected chi connectivity index (χ3v) is 4.96. The molecular formula is C19H18N4O2S. The molecule has 2 N–H and O–H groups in total. The number of carbonyl (C=O) groups excluding carboxylic acids is 2. The number of nitriles is 1. The number of nitrogens with one attached hydrogen (secondary N) is 2. The molecule has 0 aliphatic heterocycles. The van der Waals surface area contributed by atoms with Gasteiger partial charge in [-0.2, -0.15) is 5.26 Å². The number of anilines is 2. The molecule has 0 saturated carbocycles. The first-order valence-corrected chi connectivity index (χ1v) is 9.27. The Morgan fingerprint density at radius 3 is 2.54 bits per heavy atom. The molecule has 0 atom stereocenters. The van der Waals surface area contributed by atoms with E-state index in [9.17, 15) is 14.9 Å². The molecule has 1 aromatic heterocycles. The largest absolute Gasteiger partial charge is 0.326 e. The molecule has 2 aromatic rings. The van der Waals surface area contributed by atoms with E-state index in [1.54, 1.807) is 24.3 Å². The zero-order chi connectivity index (χ0) is 18.5. The molecule has 0 radical (unpaired) electrons. The topological polar surface area (TPSA) is 94.9 Å². The molecule has 26 heavy (non-hydrogen) atoms.